The first-order chi connectivity index (χ1) is 7.72. The fourth-order valence-corrected chi connectivity index (χ4v) is 1.66. The van der Waals surface area contributed by atoms with E-state index in [-0.39, 0.29) is 0 Å². The van der Waals surface area contributed by atoms with Crippen molar-refractivity contribution in [2.45, 2.75) is 0 Å². The number of rotatable bonds is 1. The summed E-state index contributed by atoms with van der Waals surface area (Å²) in [5, 5.41) is 9.27. The Hall–Kier alpha value is -2.05. The molecule has 0 amide bonds. The number of pyridine rings is 1. The van der Waals surface area contributed by atoms with Crippen LogP contribution in [0, 0.1) is 11.3 Å². The van der Waals surface area contributed by atoms with E-state index >= 15 is 0 Å². The van der Waals surface area contributed by atoms with E-state index < -0.39 is 0 Å². The maximum Gasteiger partial charge on any atom is 0.0992 e. The number of nitrogens with two attached hydrogens (primary N) is 1. The van der Waals surface area contributed by atoms with Gasteiger partial charge in [0.2, 0.25) is 0 Å². The Bertz CT molecular complexity index is 573. The van der Waals surface area contributed by atoms with Gasteiger partial charge in [0.1, 0.15) is 0 Å². The van der Waals surface area contributed by atoms with E-state index in [2.05, 4.69) is 4.98 Å². The Morgan fingerprint density at radius 1 is 1.31 bits per heavy atom. The average Bonchev–Trinajstić information content (AvgIpc) is 2.30. The van der Waals surface area contributed by atoms with Crippen LogP contribution in [0.5, 0.6) is 0 Å². The third kappa shape index (κ3) is 1.83. The molecule has 0 atom stereocenters. The lowest BCUT2D eigenvalue weighted by molar-refractivity contribution is 1.32. The quantitative estimate of drug-likeness (QED) is 0.765. The SMILES string of the molecule is N#Cc1ccc(-c2ncccc2Cl)c(N)c1. The van der Waals surface area contributed by atoms with Crippen molar-refractivity contribution in [2.24, 2.45) is 0 Å². The third-order valence-corrected chi connectivity index (χ3v) is 2.50. The zero-order valence-electron chi connectivity index (χ0n) is 8.31. The molecule has 0 saturated carbocycles. The monoisotopic (exact) mass is 229 g/mol. The Morgan fingerprint density at radius 2 is 2.12 bits per heavy atom. The van der Waals surface area contributed by atoms with E-state index in [1.165, 1.54) is 0 Å². The van der Waals surface area contributed by atoms with Crippen molar-refractivity contribution in [3.63, 3.8) is 0 Å². The number of hydrogen-bond donors (Lipinski definition) is 1. The van der Waals surface area contributed by atoms with E-state index in [0.717, 1.165) is 5.56 Å². The standard InChI is InChI=1S/C12H8ClN3/c13-10-2-1-5-16-12(10)9-4-3-8(7-14)6-11(9)15/h1-6H,15H2. The van der Waals surface area contributed by atoms with Crippen LogP contribution < -0.4 is 5.73 Å². The Balaban J connectivity index is 2.58. The molecule has 0 fully saturated rings. The second-order valence-electron chi connectivity index (χ2n) is 3.25. The number of anilines is 1. The molecule has 0 saturated heterocycles. The third-order valence-electron chi connectivity index (χ3n) is 2.19. The van der Waals surface area contributed by atoms with Gasteiger partial charge >= 0.3 is 0 Å². The van der Waals surface area contributed by atoms with Crippen LogP contribution in [0.3, 0.4) is 0 Å². The molecule has 2 N–H and O–H groups in total. The topological polar surface area (TPSA) is 62.7 Å². The fraction of sp³-hybridized carbons (Fsp3) is 0. The highest BCUT2D eigenvalue weighted by molar-refractivity contribution is 6.33. The second-order valence-corrected chi connectivity index (χ2v) is 3.65. The molecule has 0 aliphatic rings. The summed E-state index contributed by atoms with van der Waals surface area (Å²) >= 11 is 6.02. The van der Waals surface area contributed by atoms with E-state index in [9.17, 15) is 0 Å². The van der Waals surface area contributed by atoms with E-state index in [1.807, 2.05) is 6.07 Å². The predicted octanol–water partition coefficient (Wildman–Crippen LogP) is 2.86. The summed E-state index contributed by atoms with van der Waals surface area (Å²) in [5.74, 6) is 0. The number of nitriles is 1. The molecule has 78 valence electrons. The first kappa shape index (κ1) is 10.5. The highest BCUT2D eigenvalue weighted by Crippen LogP contribution is 2.30. The molecule has 0 spiro atoms. The summed E-state index contributed by atoms with van der Waals surface area (Å²) in [4.78, 5) is 4.17. The van der Waals surface area contributed by atoms with Crippen LogP contribution in [0.25, 0.3) is 11.3 Å². The van der Waals surface area contributed by atoms with Crippen LogP contribution >= 0.6 is 11.6 Å². The van der Waals surface area contributed by atoms with Gasteiger partial charge in [0, 0.05) is 17.4 Å². The Labute approximate surface area is 98.1 Å². The first-order valence-corrected chi connectivity index (χ1v) is 5.00. The minimum Gasteiger partial charge on any atom is -0.398 e. The largest absolute Gasteiger partial charge is 0.398 e. The van der Waals surface area contributed by atoms with Gasteiger partial charge in [-0.3, -0.25) is 4.98 Å². The molecule has 2 rings (SSSR count). The summed E-state index contributed by atoms with van der Waals surface area (Å²) in [5.41, 5.74) is 8.24. The molecule has 2 aromatic rings. The molecule has 1 heterocycles. The lowest BCUT2D eigenvalue weighted by Gasteiger charge is -2.06. The van der Waals surface area contributed by atoms with Crippen molar-refractivity contribution in [1.29, 1.82) is 5.26 Å². The molecule has 0 aliphatic heterocycles. The van der Waals surface area contributed by atoms with Crippen LogP contribution in [0.4, 0.5) is 5.69 Å². The summed E-state index contributed by atoms with van der Waals surface area (Å²) < 4.78 is 0. The van der Waals surface area contributed by atoms with Crippen LogP contribution in [0.15, 0.2) is 36.5 Å². The molecular formula is C12H8ClN3. The zero-order valence-corrected chi connectivity index (χ0v) is 9.07. The number of benzene rings is 1. The highest BCUT2D eigenvalue weighted by Gasteiger charge is 2.08. The van der Waals surface area contributed by atoms with Crippen molar-refractivity contribution in [2.75, 3.05) is 5.73 Å². The second kappa shape index (κ2) is 4.21. The molecule has 3 nitrogen and oxygen atoms in total. The van der Waals surface area contributed by atoms with Crippen molar-refractivity contribution in [3.8, 4) is 17.3 Å². The van der Waals surface area contributed by atoms with Gasteiger partial charge in [0.15, 0.2) is 0 Å². The van der Waals surface area contributed by atoms with Crippen molar-refractivity contribution >= 4 is 17.3 Å². The smallest absolute Gasteiger partial charge is 0.0992 e. The summed E-state index contributed by atoms with van der Waals surface area (Å²) in [6.45, 7) is 0. The lowest BCUT2D eigenvalue weighted by Crippen LogP contribution is -1.93. The van der Waals surface area contributed by atoms with Gasteiger partial charge in [-0.1, -0.05) is 11.6 Å². The molecule has 16 heavy (non-hydrogen) atoms. The van der Waals surface area contributed by atoms with Crippen LogP contribution in [-0.4, -0.2) is 4.98 Å². The Morgan fingerprint density at radius 3 is 2.75 bits per heavy atom. The normalized spacial score (nSPS) is 9.75. The van der Waals surface area contributed by atoms with Crippen molar-refractivity contribution in [3.05, 3.63) is 47.1 Å². The first-order valence-electron chi connectivity index (χ1n) is 4.63. The van der Waals surface area contributed by atoms with Gasteiger partial charge < -0.3 is 5.73 Å². The van der Waals surface area contributed by atoms with Crippen LogP contribution in [0.1, 0.15) is 5.56 Å². The number of nitrogens with zero attached hydrogens (tertiary/aromatic N) is 2. The number of hydrogen-bond acceptors (Lipinski definition) is 3. The summed E-state index contributed by atoms with van der Waals surface area (Å²) in [6.07, 6.45) is 1.65. The number of aromatic nitrogens is 1. The fourth-order valence-electron chi connectivity index (χ4n) is 1.43. The lowest BCUT2D eigenvalue weighted by atomic mass is 10.1. The molecule has 0 aliphatic carbocycles. The molecule has 0 radical (unpaired) electrons. The predicted molar refractivity (Wildman–Crippen MR) is 63.8 cm³/mol. The molecule has 0 unspecified atom stereocenters. The average molecular weight is 230 g/mol. The molecule has 1 aromatic heterocycles. The van der Waals surface area contributed by atoms with E-state index in [4.69, 9.17) is 22.6 Å². The van der Waals surface area contributed by atoms with Crippen LogP contribution in [0.2, 0.25) is 5.02 Å². The van der Waals surface area contributed by atoms with Crippen molar-refractivity contribution in [1.82, 2.24) is 4.98 Å². The summed E-state index contributed by atoms with van der Waals surface area (Å²) in [6, 6.07) is 10.6. The van der Waals surface area contributed by atoms with E-state index in [1.54, 1.807) is 36.5 Å². The molecule has 1 aromatic carbocycles. The minimum atomic E-state index is 0.500. The number of halogens is 1. The molecule has 4 heteroatoms. The maximum atomic E-state index is 8.73. The maximum absolute atomic E-state index is 8.73. The van der Waals surface area contributed by atoms with Gasteiger partial charge in [0.05, 0.1) is 22.3 Å². The van der Waals surface area contributed by atoms with E-state index in [0.29, 0.717) is 22.0 Å². The molecular weight excluding hydrogens is 222 g/mol. The van der Waals surface area contributed by atoms with Gasteiger partial charge in [-0.25, -0.2) is 0 Å². The van der Waals surface area contributed by atoms with Gasteiger partial charge in [-0.05, 0) is 30.3 Å². The minimum absolute atomic E-state index is 0.500. The van der Waals surface area contributed by atoms with Gasteiger partial charge in [-0.2, -0.15) is 5.26 Å². The highest BCUT2D eigenvalue weighted by atomic mass is 35.5. The number of nitrogen functional groups attached to an aromatic ring is 1. The van der Waals surface area contributed by atoms with Crippen molar-refractivity contribution < 1.29 is 0 Å². The van der Waals surface area contributed by atoms with Gasteiger partial charge in [0.25, 0.3) is 0 Å². The Kier molecular flexibility index (Phi) is 2.76. The van der Waals surface area contributed by atoms with Gasteiger partial charge in [-0.15, -0.1) is 0 Å². The summed E-state index contributed by atoms with van der Waals surface area (Å²) in [7, 11) is 0. The zero-order chi connectivity index (χ0) is 11.5. The van der Waals surface area contributed by atoms with Crippen LogP contribution in [-0.2, 0) is 0 Å². The molecule has 0 bridgehead atoms.